The molecule has 5 N–H and O–H groups in total. The van der Waals surface area contributed by atoms with Crippen LogP contribution in [0.2, 0.25) is 0 Å². The minimum absolute atomic E-state index is 0.0176. The van der Waals surface area contributed by atoms with Gasteiger partial charge in [0.2, 0.25) is 11.8 Å². The number of carbonyl (C=O) groups is 4. The lowest BCUT2D eigenvalue weighted by Crippen LogP contribution is -2.65. The van der Waals surface area contributed by atoms with Crippen molar-refractivity contribution in [2.45, 2.75) is 56.7 Å². The number of carbonyl (C=O) groups excluding carboxylic acids is 4. The number of aromatic amines is 1. The Morgan fingerprint density at radius 3 is 2.60 bits per heavy atom. The van der Waals surface area contributed by atoms with Crippen molar-refractivity contribution in [1.82, 2.24) is 30.4 Å². The van der Waals surface area contributed by atoms with Crippen LogP contribution < -0.4 is 16.4 Å². The van der Waals surface area contributed by atoms with E-state index < -0.39 is 23.9 Å². The van der Waals surface area contributed by atoms with Crippen LogP contribution in [0.1, 0.15) is 48.0 Å². The quantitative estimate of drug-likeness (QED) is 0.357. The molecule has 0 bridgehead atoms. The summed E-state index contributed by atoms with van der Waals surface area (Å²) < 4.78 is 0. The van der Waals surface area contributed by atoms with Gasteiger partial charge >= 0.3 is 6.03 Å². The molecule has 210 valence electrons. The number of nitrogens with one attached hydrogen (secondary N) is 3. The number of para-hydroxylation sites is 1. The van der Waals surface area contributed by atoms with Gasteiger partial charge in [-0.2, -0.15) is 0 Å². The van der Waals surface area contributed by atoms with Gasteiger partial charge < -0.3 is 31.2 Å². The number of primary amides is 1. The third-order valence-electron chi connectivity index (χ3n) is 7.83. The molecule has 3 heterocycles. The third-order valence-corrected chi connectivity index (χ3v) is 7.83. The van der Waals surface area contributed by atoms with Crippen LogP contribution in [0.25, 0.3) is 10.9 Å². The largest absolute Gasteiger partial charge is 0.368 e. The Balaban J connectivity index is 1.34. The fourth-order valence-corrected chi connectivity index (χ4v) is 5.62. The van der Waals surface area contributed by atoms with E-state index in [1.807, 2.05) is 24.3 Å². The molecule has 1 aromatic carbocycles. The number of urea groups is 1. The van der Waals surface area contributed by atoms with Crippen molar-refractivity contribution < 1.29 is 19.2 Å². The number of H-pyrrole nitrogens is 1. The first kappa shape index (κ1) is 27.2. The van der Waals surface area contributed by atoms with Crippen LogP contribution in [0.3, 0.4) is 0 Å². The summed E-state index contributed by atoms with van der Waals surface area (Å²) >= 11 is 0. The zero-order chi connectivity index (χ0) is 28.1. The maximum atomic E-state index is 13.7. The first-order valence-electron chi connectivity index (χ1n) is 13.8. The summed E-state index contributed by atoms with van der Waals surface area (Å²) in [6.07, 6.45) is 10.1. The Morgan fingerprint density at radius 2 is 1.85 bits per heavy atom. The summed E-state index contributed by atoms with van der Waals surface area (Å²) in [7, 11) is 0. The molecule has 5 amide bonds. The van der Waals surface area contributed by atoms with Gasteiger partial charge in [-0.3, -0.25) is 19.4 Å². The fraction of sp³-hybridized carbons (Fsp3) is 0.414. The molecule has 5 rings (SSSR count). The van der Waals surface area contributed by atoms with Crippen molar-refractivity contribution in [3.63, 3.8) is 0 Å². The Bertz CT molecular complexity index is 1370. The van der Waals surface area contributed by atoms with E-state index in [2.05, 4.69) is 20.6 Å². The van der Waals surface area contributed by atoms with E-state index in [1.54, 1.807) is 29.4 Å². The number of aromatic nitrogens is 2. The molecule has 0 radical (unpaired) electrons. The number of fused-ring (bicyclic) bond motifs is 1. The lowest BCUT2D eigenvalue weighted by molar-refractivity contribution is -0.131. The summed E-state index contributed by atoms with van der Waals surface area (Å²) in [5.74, 6) is -1.49. The van der Waals surface area contributed by atoms with Crippen molar-refractivity contribution in [2.24, 2.45) is 5.73 Å². The summed E-state index contributed by atoms with van der Waals surface area (Å²) in [4.78, 5) is 62.9. The average molecular weight is 546 g/mol. The number of amides is 5. The lowest BCUT2D eigenvalue weighted by Gasteiger charge is -2.41. The smallest absolute Gasteiger partial charge is 0.318 e. The molecule has 11 nitrogen and oxygen atoms in total. The van der Waals surface area contributed by atoms with Crippen molar-refractivity contribution in [1.29, 1.82) is 0 Å². The number of rotatable bonds is 7. The Morgan fingerprint density at radius 1 is 1.05 bits per heavy atom. The van der Waals surface area contributed by atoms with Gasteiger partial charge in [0.1, 0.15) is 12.1 Å². The number of nitrogens with zero attached hydrogens (tertiary/aromatic N) is 3. The van der Waals surface area contributed by atoms with Gasteiger partial charge in [-0.1, -0.05) is 37.5 Å². The van der Waals surface area contributed by atoms with E-state index in [0.717, 1.165) is 48.6 Å². The van der Waals surface area contributed by atoms with E-state index in [-0.39, 0.29) is 44.0 Å². The fourth-order valence-electron chi connectivity index (χ4n) is 5.62. The predicted octanol–water partition coefficient (Wildman–Crippen LogP) is 1.94. The van der Waals surface area contributed by atoms with Gasteiger partial charge in [-0.15, -0.1) is 0 Å². The van der Waals surface area contributed by atoms with Gasteiger partial charge in [0.25, 0.3) is 5.91 Å². The molecule has 2 aromatic heterocycles. The maximum absolute atomic E-state index is 13.7. The van der Waals surface area contributed by atoms with Crippen LogP contribution in [-0.2, 0) is 16.0 Å². The van der Waals surface area contributed by atoms with E-state index in [0.29, 0.717) is 5.56 Å². The van der Waals surface area contributed by atoms with Crippen molar-refractivity contribution in [2.75, 3.05) is 19.6 Å². The van der Waals surface area contributed by atoms with Crippen LogP contribution in [0.4, 0.5) is 4.79 Å². The molecule has 11 heteroatoms. The van der Waals surface area contributed by atoms with Crippen LogP contribution in [0, 0.1) is 0 Å². The van der Waals surface area contributed by atoms with Gasteiger partial charge in [0.05, 0.1) is 12.1 Å². The number of hydrogen-bond donors (Lipinski definition) is 4. The summed E-state index contributed by atoms with van der Waals surface area (Å²) in [6, 6.07) is 8.72. The highest BCUT2D eigenvalue weighted by atomic mass is 16.2. The second kappa shape index (κ2) is 12.2. The minimum atomic E-state index is -1.00. The van der Waals surface area contributed by atoms with E-state index in [1.165, 1.54) is 11.1 Å². The van der Waals surface area contributed by atoms with Crippen LogP contribution in [0.15, 0.2) is 55.0 Å². The SMILES string of the molecule is NC(=O)[C@@H](Cc1c[nH]c2ccccc12)NC(=O)[C@@H]1CN(C(=O)c2cccnc2)CCN1C(=O)NC1CCCCC1. The van der Waals surface area contributed by atoms with Gasteiger partial charge in [0, 0.05) is 55.0 Å². The van der Waals surface area contributed by atoms with Crippen molar-refractivity contribution in [3.05, 3.63) is 66.1 Å². The van der Waals surface area contributed by atoms with Gasteiger partial charge in [-0.25, -0.2) is 4.79 Å². The molecule has 2 fully saturated rings. The van der Waals surface area contributed by atoms with E-state index in [9.17, 15) is 19.2 Å². The highest BCUT2D eigenvalue weighted by molar-refractivity contribution is 5.96. The number of piperazine rings is 1. The van der Waals surface area contributed by atoms with Crippen molar-refractivity contribution in [3.8, 4) is 0 Å². The Hall–Kier alpha value is -4.41. The molecular formula is C29H35N7O4. The standard InChI is InChI=1S/C29H35N7O4/c30-26(37)24(15-20-17-32-23-11-5-4-10-22(20)23)34-27(38)25-18-35(28(39)19-7-6-12-31-16-19)13-14-36(25)29(40)33-21-8-2-1-3-9-21/h4-7,10-12,16-17,21,24-25,32H,1-3,8-9,13-15,18H2,(H2,30,37)(H,33,40)(H,34,38)/t24-,25+/m1/s1. The van der Waals surface area contributed by atoms with E-state index in [4.69, 9.17) is 5.73 Å². The number of nitrogens with two attached hydrogens (primary N) is 1. The van der Waals surface area contributed by atoms with Gasteiger partial charge in [-0.05, 0) is 36.6 Å². The second-order valence-electron chi connectivity index (χ2n) is 10.5. The summed E-state index contributed by atoms with van der Waals surface area (Å²) in [6.45, 7) is 0.423. The van der Waals surface area contributed by atoms with E-state index >= 15 is 0 Å². The predicted molar refractivity (Wildman–Crippen MR) is 149 cm³/mol. The highest BCUT2D eigenvalue weighted by Crippen LogP contribution is 2.21. The lowest BCUT2D eigenvalue weighted by atomic mass is 9.95. The zero-order valence-electron chi connectivity index (χ0n) is 22.3. The highest BCUT2D eigenvalue weighted by Gasteiger charge is 2.39. The minimum Gasteiger partial charge on any atom is -0.368 e. The Labute approximate surface area is 232 Å². The summed E-state index contributed by atoms with van der Waals surface area (Å²) in [5, 5.41) is 6.79. The molecule has 3 aromatic rings. The van der Waals surface area contributed by atoms with Crippen LogP contribution >= 0.6 is 0 Å². The van der Waals surface area contributed by atoms with Gasteiger partial charge in [0.15, 0.2) is 0 Å². The Kier molecular flexibility index (Phi) is 8.28. The molecular weight excluding hydrogens is 510 g/mol. The van der Waals surface area contributed by atoms with Crippen LogP contribution in [0.5, 0.6) is 0 Å². The molecule has 2 aliphatic rings. The monoisotopic (exact) mass is 545 g/mol. The molecule has 1 aliphatic heterocycles. The molecule has 0 spiro atoms. The first-order valence-corrected chi connectivity index (χ1v) is 13.8. The molecule has 1 aliphatic carbocycles. The number of benzene rings is 1. The normalized spacial score (nSPS) is 18.8. The van der Waals surface area contributed by atoms with Crippen molar-refractivity contribution >= 4 is 34.7 Å². The third kappa shape index (κ3) is 6.08. The molecule has 1 saturated heterocycles. The average Bonchev–Trinajstić information content (AvgIpc) is 3.39. The zero-order valence-corrected chi connectivity index (χ0v) is 22.3. The molecule has 1 saturated carbocycles. The van der Waals surface area contributed by atoms with Crippen LogP contribution in [-0.4, -0.2) is 81.3 Å². The first-order chi connectivity index (χ1) is 19.4. The molecule has 40 heavy (non-hydrogen) atoms. The molecule has 0 unspecified atom stereocenters. The number of hydrogen-bond acceptors (Lipinski definition) is 5. The number of pyridine rings is 1. The summed E-state index contributed by atoms with van der Waals surface area (Å²) in [5.41, 5.74) is 7.86. The maximum Gasteiger partial charge on any atom is 0.318 e. The second-order valence-corrected chi connectivity index (χ2v) is 10.5. The molecule has 2 atom stereocenters. The topological polar surface area (TPSA) is 154 Å².